The first-order valence-corrected chi connectivity index (χ1v) is 9.11. The maximum atomic E-state index is 12.6. The second kappa shape index (κ2) is 8.45. The zero-order valence-corrected chi connectivity index (χ0v) is 16.5. The molecule has 7 nitrogen and oxygen atoms in total. The van der Waals surface area contributed by atoms with Gasteiger partial charge in [0.1, 0.15) is 5.75 Å². The van der Waals surface area contributed by atoms with Crippen LogP contribution >= 0.6 is 23.2 Å². The molecule has 2 aromatic heterocycles. The molecule has 0 bridgehead atoms. The van der Waals surface area contributed by atoms with Crippen LogP contribution in [0.1, 0.15) is 23.1 Å². The van der Waals surface area contributed by atoms with Crippen LogP contribution in [0.4, 0.5) is 0 Å². The topological polar surface area (TPSA) is 65.2 Å². The van der Waals surface area contributed by atoms with E-state index >= 15 is 0 Å². The highest BCUT2D eigenvalue weighted by molar-refractivity contribution is 6.32. The van der Waals surface area contributed by atoms with Gasteiger partial charge in [0.05, 0.1) is 28.5 Å². The van der Waals surface area contributed by atoms with E-state index in [1.165, 1.54) is 4.68 Å². The van der Waals surface area contributed by atoms with Crippen molar-refractivity contribution in [3.8, 4) is 5.75 Å². The lowest BCUT2D eigenvalue weighted by Gasteiger charge is -2.17. The van der Waals surface area contributed by atoms with Crippen molar-refractivity contribution >= 4 is 29.1 Å². The van der Waals surface area contributed by atoms with E-state index in [1.807, 2.05) is 19.1 Å². The fraction of sp³-hybridized carbons (Fsp3) is 0.278. The molecule has 0 fully saturated rings. The van der Waals surface area contributed by atoms with Crippen LogP contribution in [0, 0.1) is 0 Å². The Morgan fingerprint density at radius 3 is 2.74 bits per heavy atom. The molecular formula is C18H19Cl2N5O2. The largest absolute Gasteiger partial charge is 0.470 e. The molecule has 0 aliphatic heterocycles. The lowest BCUT2D eigenvalue weighted by Crippen LogP contribution is -2.28. The predicted octanol–water partition coefficient (Wildman–Crippen LogP) is 3.72. The Labute approximate surface area is 167 Å². The number of carbonyl (C=O) groups excluding carboxylic acids is 1. The molecule has 27 heavy (non-hydrogen) atoms. The van der Waals surface area contributed by atoms with Gasteiger partial charge in [-0.3, -0.25) is 9.48 Å². The molecule has 0 unspecified atom stereocenters. The van der Waals surface area contributed by atoms with Crippen molar-refractivity contribution in [3.05, 3.63) is 64.2 Å². The number of halogens is 2. The van der Waals surface area contributed by atoms with Gasteiger partial charge in [0, 0.05) is 19.8 Å². The lowest BCUT2D eigenvalue weighted by atomic mass is 10.3. The maximum absolute atomic E-state index is 12.6. The number of rotatable bonds is 7. The Bertz CT molecular complexity index is 937. The fourth-order valence-corrected chi connectivity index (χ4v) is 2.95. The molecule has 0 N–H and O–H groups in total. The minimum Gasteiger partial charge on any atom is -0.470 e. The second-order valence-corrected chi connectivity index (χ2v) is 6.67. The first kappa shape index (κ1) is 19.3. The number of carbonyl (C=O) groups is 1. The Hall–Kier alpha value is -2.51. The van der Waals surface area contributed by atoms with Gasteiger partial charge in [-0.25, -0.2) is 4.68 Å². The van der Waals surface area contributed by atoms with Gasteiger partial charge in [0.25, 0.3) is 5.91 Å². The van der Waals surface area contributed by atoms with Crippen LogP contribution in [-0.4, -0.2) is 37.4 Å². The Morgan fingerprint density at radius 2 is 2.00 bits per heavy atom. The highest BCUT2D eigenvalue weighted by atomic mass is 35.5. The Morgan fingerprint density at radius 1 is 1.22 bits per heavy atom. The van der Waals surface area contributed by atoms with E-state index in [1.54, 1.807) is 47.2 Å². The number of para-hydroxylation sites is 1. The average molecular weight is 408 g/mol. The molecular weight excluding hydrogens is 389 g/mol. The molecule has 0 atom stereocenters. The van der Waals surface area contributed by atoms with Gasteiger partial charge >= 0.3 is 0 Å². The number of nitrogens with zero attached hydrogens (tertiary/aromatic N) is 5. The summed E-state index contributed by atoms with van der Waals surface area (Å²) in [5, 5.41) is 9.51. The van der Waals surface area contributed by atoms with Gasteiger partial charge in [-0.2, -0.15) is 10.2 Å². The van der Waals surface area contributed by atoms with E-state index in [0.29, 0.717) is 34.6 Å². The summed E-state index contributed by atoms with van der Waals surface area (Å²) in [6.45, 7) is 3.14. The van der Waals surface area contributed by atoms with Gasteiger partial charge in [-0.1, -0.05) is 35.3 Å². The van der Waals surface area contributed by atoms with Crippen molar-refractivity contribution < 1.29 is 9.53 Å². The van der Waals surface area contributed by atoms with E-state index in [0.717, 1.165) is 5.69 Å². The summed E-state index contributed by atoms with van der Waals surface area (Å²) in [6.07, 6.45) is 3.26. The van der Waals surface area contributed by atoms with Crippen molar-refractivity contribution in [2.45, 2.75) is 26.7 Å². The van der Waals surface area contributed by atoms with Crippen molar-refractivity contribution in [2.75, 3.05) is 7.05 Å². The number of hydrogen-bond acceptors (Lipinski definition) is 4. The molecule has 1 aromatic carbocycles. The van der Waals surface area contributed by atoms with Crippen molar-refractivity contribution in [3.63, 3.8) is 0 Å². The van der Waals surface area contributed by atoms with Crippen LogP contribution < -0.4 is 4.74 Å². The number of hydrogen-bond donors (Lipinski definition) is 0. The predicted molar refractivity (Wildman–Crippen MR) is 103 cm³/mol. The van der Waals surface area contributed by atoms with Crippen LogP contribution in [0.3, 0.4) is 0 Å². The summed E-state index contributed by atoms with van der Waals surface area (Å²) in [5.41, 5.74) is 1.11. The normalized spacial score (nSPS) is 10.8. The van der Waals surface area contributed by atoms with E-state index in [4.69, 9.17) is 27.9 Å². The van der Waals surface area contributed by atoms with Crippen LogP contribution in [0.25, 0.3) is 0 Å². The van der Waals surface area contributed by atoms with Crippen molar-refractivity contribution in [1.82, 2.24) is 24.5 Å². The molecule has 9 heteroatoms. The molecule has 2 heterocycles. The van der Waals surface area contributed by atoms with E-state index in [2.05, 4.69) is 10.2 Å². The molecule has 0 spiro atoms. The molecule has 3 rings (SSSR count). The third-order valence-electron chi connectivity index (χ3n) is 3.98. The zero-order valence-electron chi connectivity index (χ0n) is 15.0. The SMILES string of the molecule is CCn1ncc(Cl)c1CN(C)C(=O)c1ccn(COc2ccccc2Cl)n1. The summed E-state index contributed by atoms with van der Waals surface area (Å²) < 4.78 is 8.92. The number of aryl methyl sites for hydroxylation is 1. The third-order valence-corrected chi connectivity index (χ3v) is 4.61. The van der Waals surface area contributed by atoms with E-state index in [-0.39, 0.29) is 12.6 Å². The smallest absolute Gasteiger partial charge is 0.274 e. The zero-order chi connectivity index (χ0) is 19.4. The van der Waals surface area contributed by atoms with Crippen molar-refractivity contribution in [1.29, 1.82) is 0 Å². The van der Waals surface area contributed by atoms with Gasteiger partial charge in [0.2, 0.25) is 0 Å². The van der Waals surface area contributed by atoms with Crippen LogP contribution in [0.2, 0.25) is 10.0 Å². The van der Waals surface area contributed by atoms with E-state index < -0.39 is 0 Å². The highest BCUT2D eigenvalue weighted by Gasteiger charge is 2.18. The number of amides is 1. The van der Waals surface area contributed by atoms with Crippen LogP contribution in [0.5, 0.6) is 5.75 Å². The molecule has 142 valence electrons. The number of aromatic nitrogens is 4. The van der Waals surface area contributed by atoms with Gasteiger partial charge in [-0.15, -0.1) is 0 Å². The van der Waals surface area contributed by atoms with Gasteiger partial charge < -0.3 is 9.64 Å². The summed E-state index contributed by atoms with van der Waals surface area (Å²) in [5.74, 6) is 0.341. The molecule has 0 aliphatic carbocycles. The van der Waals surface area contributed by atoms with Gasteiger partial charge in [0.15, 0.2) is 12.4 Å². The Kier molecular flexibility index (Phi) is 6.03. The first-order chi connectivity index (χ1) is 13.0. The third kappa shape index (κ3) is 4.43. The lowest BCUT2D eigenvalue weighted by molar-refractivity contribution is 0.0773. The van der Waals surface area contributed by atoms with Crippen molar-refractivity contribution in [2.24, 2.45) is 0 Å². The monoisotopic (exact) mass is 407 g/mol. The van der Waals surface area contributed by atoms with Gasteiger partial charge in [-0.05, 0) is 25.1 Å². The minimum atomic E-state index is -0.216. The second-order valence-electron chi connectivity index (χ2n) is 5.86. The van der Waals surface area contributed by atoms with Crippen LogP contribution in [0.15, 0.2) is 42.7 Å². The molecule has 0 saturated heterocycles. The summed E-state index contributed by atoms with van der Waals surface area (Å²) in [7, 11) is 1.70. The molecule has 0 radical (unpaired) electrons. The fourth-order valence-electron chi connectivity index (χ4n) is 2.55. The Balaban J connectivity index is 1.64. The summed E-state index contributed by atoms with van der Waals surface area (Å²) in [6, 6.07) is 8.82. The maximum Gasteiger partial charge on any atom is 0.274 e. The summed E-state index contributed by atoms with van der Waals surface area (Å²) >= 11 is 12.2. The first-order valence-electron chi connectivity index (χ1n) is 8.36. The molecule has 3 aromatic rings. The summed E-state index contributed by atoms with van der Waals surface area (Å²) in [4.78, 5) is 14.2. The van der Waals surface area contributed by atoms with E-state index in [9.17, 15) is 4.79 Å². The quantitative estimate of drug-likeness (QED) is 0.598. The number of benzene rings is 1. The standard InChI is InChI=1S/C18H19Cl2N5O2/c1-3-25-16(14(20)10-21-25)11-23(2)18(26)15-8-9-24(22-15)12-27-17-7-5-4-6-13(17)19/h4-10H,3,11-12H2,1-2H3. The molecule has 0 saturated carbocycles. The molecule has 0 aliphatic rings. The highest BCUT2D eigenvalue weighted by Crippen LogP contribution is 2.23. The van der Waals surface area contributed by atoms with Crippen LogP contribution in [-0.2, 0) is 19.8 Å². The molecule has 1 amide bonds. The minimum absolute atomic E-state index is 0.148. The average Bonchev–Trinajstić information content (AvgIpc) is 3.27. The number of ether oxygens (including phenoxy) is 1.